The predicted octanol–water partition coefficient (Wildman–Crippen LogP) is 2.38. The first-order valence-electron chi connectivity index (χ1n) is 4.27. The maximum absolute atomic E-state index is 6.10. The van der Waals surface area contributed by atoms with Gasteiger partial charge in [0.2, 0.25) is 0 Å². The molecule has 1 aromatic rings. The first-order valence-corrected chi connectivity index (χ1v) is 4.65. The summed E-state index contributed by atoms with van der Waals surface area (Å²) in [5, 5.41) is 0.516. The van der Waals surface area contributed by atoms with Crippen molar-refractivity contribution in [3.8, 4) is 11.5 Å². The van der Waals surface area contributed by atoms with Gasteiger partial charge in [-0.25, -0.2) is 0 Å². The van der Waals surface area contributed by atoms with Gasteiger partial charge in [-0.15, -0.1) is 0 Å². The van der Waals surface area contributed by atoms with Gasteiger partial charge in [-0.05, 0) is 18.6 Å². The summed E-state index contributed by atoms with van der Waals surface area (Å²) in [4.78, 5) is 0. The van der Waals surface area contributed by atoms with E-state index in [1.807, 2.05) is 13.0 Å². The molecule has 0 aliphatic heterocycles. The van der Waals surface area contributed by atoms with E-state index in [9.17, 15) is 0 Å². The van der Waals surface area contributed by atoms with E-state index in [2.05, 4.69) is 0 Å². The number of ether oxygens (including phenoxy) is 2. The van der Waals surface area contributed by atoms with Crippen molar-refractivity contribution in [1.29, 1.82) is 0 Å². The van der Waals surface area contributed by atoms with Gasteiger partial charge in [0.05, 0.1) is 19.2 Å². The fourth-order valence-corrected chi connectivity index (χ4v) is 1.66. The van der Waals surface area contributed by atoms with Gasteiger partial charge >= 0.3 is 0 Å². The molecule has 1 atom stereocenters. The van der Waals surface area contributed by atoms with E-state index in [0.717, 1.165) is 5.56 Å². The van der Waals surface area contributed by atoms with Gasteiger partial charge in [0.25, 0.3) is 0 Å². The predicted molar refractivity (Wildman–Crippen MR) is 57.2 cm³/mol. The lowest BCUT2D eigenvalue weighted by Gasteiger charge is -2.14. The Hall–Kier alpha value is -0.930. The van der Waals surface area contributed by atoms with Crippen LogP contribution in [0.3, 0.4) is 0 Å². The molecule has 0 saturated heterocycles. The Morgan fingerprint density at radius 3 is 2.36 bits per heavy atom. The summed E-state index contributed by atoms with van der Waals surface area (Å²) < 4.78 is 10.2. The van der Waals surface area contributed by atoms with Crippen LogP contribution in [0.2, 0.25) is 5.02 Å². The molecule has 78 valence electrons. The van der Waals surface area contributed by atoms with Crippen LogP contribution >= 0.6 is 11.6 Å². The normalized spacial score (nSPS) is 12.4. The Balaban J connectivity index is 3.27. The van der Waals surface area contributed by atoms with Crippen LogP contribution in [0.25, 0.3) is 0 Å². The van der Waals surface area contributed by atoms with Crippen molar-refractivity contribution in [3.63, 3.8) is 0 Å². The van der Waals surface area contributed by atoms with Gasteiger partial charge in [0, 0.05) is 6.04 Å². The number of nitrogens with two attached hydrogens (primary N) is 1. The number of methoxy groups -OCH3 is 2. The van der Waals surface area contributed by atoms with Crippen LogP contribution in [0.4, 0.5) is 0 Å². The molecule has 0 unspecified atom stereocenters. The lowest BCUT2D eigenvalue weighted by atomic mass is 10.1. The quantitative estimate of drug-likeness (QED) is 0.842. The number of halogens is 1. The maximum Gasteiger partial charge on any atom is 0.179 e. The molecular weight excluding hydrogens is 202 g/mol. The lowest BCUT2D eigenvalue weighted by molar-refractivity contribution is 0.354. The highest BCUT2D eigenvalue weighted by Gasteiger charge is 2.14. The number of hydrogen-bond acceptors (Lipinski definition) is 3. The Morgan fingerprint density at radius 2 is 1.93 bits per heavy atom. The topological polar surface area (TPSA) is 44.5 Å². The summed E-state index contributed by atoms with van der Waals surface area (Å²) in [5.74, 6) is 1.14. The van der Waals surface area contributed by atoms with Crippen LogP contribution in [0.5, 0.6) is 11.5 Å². The molecule has 0 aromatic heterocycles. The zero-order chi connectivity index (χ0) is 10.7. The summed E-state index contributed by atoms with van der Waals surface area (Å²) in [6, 6.07) is 3.51. The second-order valence-corrected chi connectivity index (χ2v) is 3.37. The molecule has 14 heavy (non-hydrogen) atoms. The molecule has 1 rings (SSSR count). The molecule has 0 aliphatic rings. The third-order valence-corrected chi connectivity index (χ3v) is 2.40. The second kappa shape index (κ2) is 4.53. The molecule has 0 radical (unpaired) electrons. The fourth-order valence-electron chi connectivity index (χ4n) is 1.26. The van der Waals surface area contributed by atoms with Gasteiger partial charge in [0.15, 0.2) is 11.5 Å². The van der Waals surface area contributed by atoms with Crippen LogP contribution in [0, 0.1) is 0 Å². The van der Waals surface area contributed by atoms with Crippen molar-refractivity contribution < 1.29 is 9.47 Å². The van der Waals surface area contributed by atoms with E-state index in [1.165, 1.54) is 0 Å². The van der Waals surface area contributed by atoms with Gasteiger partial charge in [0.1, 0.15) is 0 Å². The third-order valence-electron chi connectivity index (χ3n) is 2.01. The van der Waals surface area contributed by atoms with E-state index in [1.54, 1.807) is 20.3 Å². The zero-order valence-corrected chi connectivity index (χ0v) is 9.26. The average Bonchev–Trinajstić information content (AvgIpc) is 2.16. The minimum absolute atomic E-state index is 0.123. The van der Waals surface area contributed by atoms with Crippen molar-refractivity contribution in [1.82, 2.24) is 0 Å². The molecule has 2 N–H and O–H groups in total. The molecule has 4 heteroatoms. The number of rotatable bonds is 3. The maximum atomic E-state index is 6.10. The monoisotopic (exact) mass is 215 g/mol. The third kappa shape index (κ3) is 1.94. The average molecular weight is 216 g/mol. The van der Waals surface area contributed by atoms with Gasteiger partial charge in [-0.2, -0.15) is 0 Å². The van der Waals surface area contributed by atoms with E-state index in [0.29, 0.717) is 16.5 Å². The van der Waals surface area contributed by atoms with Gasteiger partial charge < -0.3 is 15.2 Å². The SMILES string of the molecule is COc1ccc([C@H](C)N)c(Cl)c1OC. The molecule has 0 fully saturated rings. The van der Waals surface area contributed by atoms with Crippen LogP contribution in [-0.4, -0.2) is 14.2 Å². The molecule has 0 saturated carbocycles. The summed E-state index contributed by atoms with van der Waals surface area (Å²) in [5.41, 5.74) is 6.60. The van der Waals surface area contributed by atoms with Crippen molar-refractivity contribution in [2.24, 2.45) is 5.73 Å². The summed E-state index contributed by atoms with van der Waals surface area (Å²) in [6.45, 7) is 1.87. The highest BCUT2D eigenvalue weighted by atomic mass is 35.5. The molecule has 1 aromatic carbocycles. The lowest BCUT2D eigenvalue weighted by Crippen LogP contribution is -2.06. The first-order chi connectivity index (χ1) is 6.61. The fraction of sp³-hybridized carbons (Fsp3) is 0.400. The van der Waals surface area contributed by atoms with Crippen LogP contribution in [0.1, 0.15) is 18.5 Å². The van der Waals surface area contributed by atoms with Gasteiger partial charge in [-0.1, -0.05) is 17.7 Å². The van der Waals surface area contributed by atoms with Gasteiger partial charge in [-0.3, -0.25) is 0 Å². The first kappa shape index (κ1) is 11.1. The highest BCUT2D eigenvalue weighted by molar-refractivity contribution is 6.33. The Bertz CT molecular complexity index is 326. The second-order valence-electron chi connectivity index (χ2n) is 2.99. The van der Waals surface area contributed by atoms with E-state index in [-0.39, 0.29) is 6.04 Å². The standard InChI is InChI=1S/C10H14ClNO2/c1-6(12)7-4-5-8(13-2)10(14-3)9(7)11/h4-6H,12H2,1-3H3/t6-/m0/s1. The Morgan fingerprint density at radius 1 is 1.29 bits per heavy atom. The Kier molecular flexibility index (Phi) is 3.61. The molecule has 0 spiro atoms. The van der Waals surface area contributed by atoms with Crippen LogP contribution in [0.15, 0.2) is 12.1 Å². The minimum atomic E-state index is -0.123. The largest absolute Gasteiger partial charge is 0.493 e. The summed E-state index contributed by atoms with van der Waals surface area (Å²) in [7, 11) is 3.12. The van der Waals surface area contributed by atoms with E-state index >= 15 is 0 Å². The van der Waals surface area contributed by atoms with Crippen molar-refractivity contribution >= 4 is 11.6 Å². The summed E-state index contributed by atoms with van der Waals surface area (Å²) in [6.07, 6.45) is 0. The van der Waals surface area contributed by atoms with Crippen molar-refractivity contribution in [2.45, 2.75) is 13.0 Å². The molecule has 0 bridgehead atoms. The van der Waals surface area contributed by atoms with Crippen molar-refractivity contribution in [2.75, 3.05) is 14.2 Å². The van der Waals surface area contributed by atoms with E-state index in [4.69, 9.17) is 26.8 Å². The van der Waals surface area contributed by atoms with Crippen molar-refractivity contribution in [3.05, 3.63) is 22.7 Å². The smallest absolute Gasteiger partial charge is 0.179 e. The van der Waals surface area contributed by atoms with Crippen LogP contribution < -0.4 is 15.2 Å². The zero-order valence-electron chi connectivity index (χ0n) is 8.50. The van der Waals surface area contributed by atoms with Crippen LogP contribution in [-0.2, 0) is 0 Å². The molecular formula is C10H14ClNO2. The molecule has 0 heterocycles. The molecule has 0 amide bonds. The number of hydrogen-bond donors (Lipinski definition) is 1. The summed E-state index contributed by atoms with van der Waals surface area (Å²) >= 11 is 6.10. The molecule has 3 nitrogen and oxygen atoms in total. The minimum Gasteiger partial charge on any atom is -0.493 e. The highest BCUT2D eigenvalue weighted by Crippen LogP contribution is 2.38. The van der Waals surface area contributed by atoms with E-state index < -0.39 is 0 Å². The Labute approximate surface area is 88.8 Å². The molecule has 0 aliphatic carbocycles. The number of benzene rings is 1.